The second kappa shape index (κ2) is 7.28. The molecule has 5 heteroatoms. The number of ether oxygens (including phenoxy) is 1. The maximum atomic E-state index is 12.7. The standard InChI is InChI=1S/C16H17FN2O2/c1-12-3-2-4-14(11-12)19-16(20)18-9-10-21-15-7-5-13(17)6-8-15/h2-8,11H,9-10H2,1H3,(H2,18,19,20). The molecule has 0 fully saturated rings. The van der Waals surface area contributed by atoms with Crippen molar-refractivity contribution in [1.29, 1.82) is 0 Å². The van der Waals surface area contributed by atoms with Gasteiger partial charge in [-0.2, -0.15) is 0 Å². The Balaban J connectivity index is 1.68. The van der Waals surface area contributed by atoms with Gasteiger partial charge in [0.1, 0.15) is 18.2 Å². The van der Waals surface area contributed by atoms with Crippen LogP contribution in [0.15, 0.2) is 48.5 Å². The number of hydrogen-bond donors (Lipinski definition) is 2. The molecular formula is C16H17FN2O2. The van der Waals surface area contributed by atoms with Gasteiger partial charge in [0.05, 0.1) is 6.54 Å². The van der Waals surface area contributed by atoms with E-state index in [1.165, 1.54) is 12.1 Å². The molecule has 2 aromatic carbocycles. The van der Waals surface area contributed by atoms with Gasteiger partial charge in [0.25, 0.3) is 0 Å². The Bertz CT molecular complexity index is 599. The van der Waals surface area contributed by atoms with Gasteiger partial charge in [-0.05, 0) is 48.9 Å². The van der Waals surface area contributed by atoms with E-state index in [0.717, 1.165) is 11.3 Å². The van der Waals surface area contributed by atoms with Crippen molar-refractivity contribution in [2.45, 2.75) is 6.92 Å². The number of urea groups is 1. The number of amides is 2. The van der Waals surface area contributed by atoms with Crippen molar-refractivity contribution < 1.29 is 13.9 Å². The Morgan fingerprint density at radius 1 is 1.19 bits per heavy atom. The van der Waals surface area contributed by atoms with Crippen LogP contribution in [0, 0.1) is 12.7 Å². The van der Waals surface area contributed by atoms with Crippen LogP contribution >= 0.6 is 0 Å². The van der Waals surface area contributed by atoms with Crippen molar-refractivity contribution >= 4 is 11.7 Å². The fraction of sp³-hybridized carbons (Fsp3) is 0.188. The monoisotopic (exact) mass is 288 g/mol. The Morgan fingerprint density at radius 3 is 2.67 bits per heavy atom. The SMILES string of the molecule is Cc1cccc(NC(=O)NCCOc2ccc(F)cc2)c1. The lowest BCUT2D eigenvalue weighted by Crippen LogP contribution is -2.32. The third-order valence-corrected chi connectivity index (χ3v) is 2.75. The van der Waals surface area contributed by atoms with E-state index < -0.39 is 0 Å². The molecule has 2 aromatic rings. The van der Waals surface area contributed by atoms with Gasteiger partial charge in [-0.1, -0.05) is 12.1 Å². The van der Waals surface area contributed by atoms with Gasteiger partial charge < -0.3 is 15.4 Å². The average molecular weight is 288 g/mol. The Hall–Kier alpha value is -2.56. The number of aryl methyl sites for hydroxylation is 1. The maximum Gasteiger partial charge on any atom is 0.319 e. The average Bonchev–Trinajstić information content (AvgIpc) is 2.45. The van der Waals surface area contributed by atoms with Gasteiger partial charge in [0.15, 0.2) is 0 Å². The third-order valence-electron chi connectivity index (χ3n) is 2.75. The van der Waals surface area contributed by atoms with Gasteiger partial charge in [-0.25, -0.2) is 9.18 Å². The van der Waals surface area contributed by atoms with Crippen LogP contribution < -0.4 is 15.4 Å². The molecule has 0 aliphatic heterocycles. The molecular weight excluding hydrogens is 271 g/mol. The predicted molar refractivity (Wildman–Crippen MR) is 80.1 cm³/mol. The second-order valence-electron chi connectivity index (χ2n) is 4.55. The molecule has 0 spiro atoms. The van der Waals surface area contributed by atoms with Crippen LogP contribution in [0.25, 0.3) is 0 Å². The molecule has 2 N–H and O–H groups in total. The number of anilines is 1. The molecule has 110 valence electrons. The van der Waals surface area contributed by atoms with Crippen LogP contribution in [-0.2, 0) is 0 Å². The molecule has 0 unspecified atom stereocenters. The van der Waals surface area contributed by atoms with E-state index in [4.69, 9.17) is 4.74 Å². The lowest BCUT2D eigenvalue weighted by atomic mass is 10.2. The van der Waals surface area contributed by atoms with Gasteiger partial charge in [-0.3, -0.25) is 0 Å². The lowest BCUT2D eigenvalue weighted by molar-refractivity contribution is 0.247. The molecule has 2 amide bonds. The molecule has 0 heterocycles. The summed E-state index contributed by atoms with van der Waals surface area (Å²) >= 11 is 0. The number of carbonyl (C=O) groups is 1. The van der Waals surface area contributed by atoms with E-state index in [2.05, 4.69) is 10.6 Å². The number of halogens is 1. The highest BCUT2D eigenvalue weighted by Gasteiger charge is 2.01. The van der Waals surface area contributed by atoms with Gasteiger partial charge in [0.2, 0.25) is 0 Å². The topological polar surface area (TPSA) is 50.4 Å². The Morgan fingerprint density at radius 2 is 1.95 bits per heavy atom. The van der Waals surface area contributed by atoms with Crippen molar-refractivity contribution in [1.82, 2.24) is 5.32 Å². The van der Waals surface area contributed by atoms with Crippen LogP contribution in [0.2, 0.25) is 0 Å². The number of hydrogen-bond acceptors (Lipinski definition) is 2. The predicted octanol–water partition coefficient (Wildman–Crippen LogP) is 3.33. The third kappa shape index (κ3) is 5.14. The number of rotatable bonds is 5. The van der Waals surface area contributed by atoms with Gasteiger partial charge in [0, 0.05) is 5.69 Å². The smallest absolute Gasteiger partial charge is 0.319 e. The largest absolute Gasteiger partial charge is 0.492 e. The molecule has 0 aliphatic rings. The molecule has 0 saturated carbocycles. The molecule has 0 aliphatic carbocycles. The fourth-order valence-electron chi connectivity index (χ4n) is 1.76. The van der Waals surface area contributed by atoms with Crippen molar-refractivity contribution in [2.24, 2.45) is 0 Å². The summed E-state index contributed by atoms with van der Waals surface area (Å²) in [5.41, 5.74) is 1.82. The van der Waals surface area contributed by atoms with E-state index in [1.54, 1.807) is 12.1 Å². The molecule has 0 atom stereocenters. The highest BCUT2D eigenvalue weighted by molar-refractivity contribution is 5.89. The zero-order valence-electron chi connectivity index (χ0n) is 11.7. The quantitative estimate of drug-likeness (QED) is 0.829. The zero-order chi connectivity index (χ0) is 15.1. The van der Waals surface area contributed by atoms with Crippen LogP contribution in [-0.4, -0.2) is 19.2 Å². The maximum absolute atomic E-state index is 12.7. The van der Waals surface area contributed by atoms with E-state index in [9.17, 15) is 9.18 Å². The summed E-state index contributed by atoms with van der Waals surface area (Å²) in [6.45, 7) is 2.63. The zero-order valence-corrected chi connectivity index (χ0v) is 11.7. The van der Waals surface area contributed by atoms with Crippen molar-refractivity contribution in [2.75, 3.05) is 18.5 Å². The summed E-state index contributed by atoms with van der Waals surface area (Å²) in [4.78, 5) is 11.7. The summed E-state index contributed by atoms with van der Waals surface area (Å²) in [7, 11) is 0. The molecule has 0 radical (unpaired) electrons. The van der Waals surface area contributed by atoms with Gasteiger partial charge in [-0.15, -0.1) is 0 Å². The molecule has 4 nitrogen and oxygen atoms in total. The minimum atomic E-state index is -0.307. The summed E-state index contributed by atoms with van der Waals surface area (Å²) in [6.07, 6.45) is 0. The van der Waals surface area contributed by atoms with E-state index >= 15 is 0 Å². The normalized spacial score (nSPS) is 10.0. The lowest BCUT2D eigenvalue weighted by Gasteiger charge is -2.09. The molecule has 21 heavy (non-hydrogen) atoms. The molecule has 0 aromatic heterocycles. The van der Waals surface area contributed by atoms with E-state index in [0.29, 0.717) is 18.9 Å². The number of benzene rings is 2. The summed E-state index contributed by atoms with van der Waals surface area (Å²) in [5.74, 6) is 0.260. The van der Waals surface area contributed by atoms with Crippen LogP contribution in [0.5, 0.6) is 5.75 Å². The second-order valence-corrected chi connectivity index (χ2v) is 4.55. The summed E-state index contributed by atoms with van der Waals surface area (Å²) in [6, 6.07) is 13.0. The fourth-order valence-corrected chi connectivity index (χ4v) is 1.76. The number of nitrogens with one attached hydrogen (secondary N) is 2. The van der Waals surface area contributed by atoms with Crippen molar-refractivity contribution in [3.63, 3.8) is 0 Å². The minimum Gasteiger partial charge on any atom is -0.492 e. The first-order valence-electron chi connectivity index (χ1n) is 6.63. The summed E-state index contributed by atoms with van der Waals surface area (Å²) in [5, 5.41) is 5.42. The van der Waals surface area contributed by atoms with Crippen LogP contribution in [0.1, 0.15) is 5.56 Å². The minimum absolute atomic E-state index is 0.289. The van der Waals surface area contributed by atoms with Crippen LogP contribution in [0.3, 0.4) is 0 Å². The molecule has 0 bridgehead atoms. The molecule has 0 saturated heterocycles. The van der Waals surface area contributed by atoms with Gasteiger partial charge >= 0.3 is 6.03 Å². The first-order valence-corrected chi connectivity index (χ1v) is 6.63. The van der Waals surface area contributed by atoms with Crippen LogP contribution in [0.4, 0.5) is 14.9 Å². The Kier molecular flexibility index (Phi) is 5.15. The molecule has 2 rings (SSSR count). The Labute approximate surface area is 122 Å². The highest BCUT2D eigenvalue weighted by atomic mass is 19.1. The van der Waals surface area contributed by atoms with Crippen molar-refractivity contribution in [3.8, 4) is 5.75 Å². The van der Waals surface area contributed by atoms with E-state index in [-0.39, 0.29) is 11.8 Å². The first kappa shape index (κ1) is 14.8. The summed E-state index contributed by atoms with van der Waals surface area (Å²) < 4.78 is 18.1. The first-order chi connectivity index (χ1) is 10.1. The van der Waals surface area contributed by atoms with Crippen molar-refractivity contribution in [3.05, 3.63) is 59.9 Å². The number of carbonyl (C=O) groups excluding carboxylic acids is 1. The highest BCUT2D eigenvalue weighted by Crippen LogP contribution is 2.11. The van der Waals surface area contributed by atoms with E-state index in [1.807, 2.05) is 31.2 Å².